The topological polar surface area (TPSA) is 49.8 Å². The minimum absolute atomic E-state index is 0.340. The van der Waals surface area contributed by atoms with Crippen molar-refractivity contribution in [2.45, 2.75) is 64.1 Å². The van der Waals surface area contributed by atoms with Crippen molar-refractivity contribution in [1.82, 2.24) is 4.90 Å². The summed E-state index contributed by atoms with van der Waals surface area (Å²) < 4.78 is 5.86. The molecule has 1 unspecified atom stereocenters. The van der Waals surface area contributed by atoms with E-state index >= 15 is 0 Å². The van der Waals surface area contributed by atoms with Gasteiger partial charge in [0.15, 0.2) is 0 Å². The Labute approximate surface area is 144 Å². The first kappa shape index (κ1) is 17.4. The number of ether oxygens (including phenoxy) is 1. The minimum atomic E-state index is -0.853. The number of carbonyl (C=O) groups is 1. The quantitative estimate of drug-likeness (QED) is 0.857. The molecule has 24 heavy (non-hydrogen) atoms. The molecule has 4 heteroatoms. The lowest BCUT2D eigenvalue weighted by molar-refractivity contribution is 0.0410. The Morgan fingerprint density at radius 1 is 1.25 bits per heavy atom. The van der Waals surface area contributed by atoms with E-state index in [0.717, 1.165) is 44.0 Å². The summed E-state index contributed by atoms with van der Waals surface area (Å²) in [5.41, 5.74) is 1.47. The van der Waals surface area contributed by atoms with Gasteiger partial charge in [0, 0.05) is 25.7 Å². The Morgan fingerprint density at radius 2 is 2.04 bits per heavy atom. The average molecular weight is 331 g/mol. The number of carboxylic acid groups (broad SMARTS) is 1. The molecule has 1 aromatic rings. The zero-order chi connectivity index (χ0) is 16.9. The monoisotopic (exact) mass is 331 g/mol. The number of hydrogen-bond acceptors (Lipinski definition) is 3. The third kappa shape index (κ3) is 4.58. The maximum absolute atomic E-state index is 11.2. The van der Waals surface area contributed by atoms with E-state index < -0.39 is 5.97 Å². The number of nitrogens with zero attached hydrogens (tertiary/aromatic N) is 1. The second-order valence-electron chi connectivity index (χ2n) is 7.48. The second kappa shape index (κ2) is 8.13. The molecule has 1 N–H and O–H groups in total. The molecule has 0 spiro atoms. The highest BCUT2D eigenvalue weighted by molar-refractivity contribution is 5.87. The highest BCUT2D eigenvalue weighted by atomic mass is 16.5. The highest BCUT2D eigenvalue weighted by Gasteiger charge is 2.27. The SMILES string of the molecule is CC1CCC(N(Cc2cccc(C(=O)O)c2)CC2CCCO2)CC1. The van der Waals surface area contributed by atoms with Crippen molar-refractivity contribution >= 4 is 5.97 Å². The molecule has 1 saturated carbocycles. The van der Waals surface area contributed by atoms with Crippen LogP contribution in [0.15, 0.2) is 24.3 Å². The Morgan fingerprint density at radius 3 is 2.71 bits per heavy atom. The Kier molecular flexibility index (Phi) is 5.90. The van der Waals surface area contributed by atoms with E-state index in [0.29, 0.717) is 17.7 Å². The van der Waals surface area contributed by atoms with Crippen LogP contribution in [0, 0.1) is 5.92 Å². The van der Waals surface area contributed by atoms with Gasteiger partial charge in [0.2, 0.25) is 0 Å². The van der Waals surface area contributed by atoms with E-state index in [4.69, 9.17) is 4.74 Å². The summed E-state index contributed by atoms with van der Waals surface area (Å²) in [4.78, 5) is 13.8. The van der Waals surface area contributed by atoms with Crippen molar-refractivity contribution in [2.75, 3.05) is 13.2 Å². The first-order chi connectivity index (χ1) is 11.6. The summed E-state index contributed by atoms with van der Waals surface area (Å²) in [6.45, 7) is 5.02. The second-order valence-corrected chi connectivity index (χ2v) is 7.48. The Balaban J connectivity index is 1.70. The molecule has 0 amide bonds. The summed E-state index contributed by atoms with van der Waals surface area (Å²) in [7, 11) is 0. The van der Waals surface area contributed by atoms with Crippen LogP contribution >= 0.6 is 0 Å². The molecule has 1 aromatic carbocycles. The summed E-state index contributed by atoms with van der Waals surface area (Å²) in [5.74, 6) is -0.0183. The van der Waals surface area contributed by atoms with Crippen LogP contribution < -0.4 is 0 Å². The van der Waals surface area contributed by atoms with E-state index in [1.165, 1.54) is 25.7 Å². The number of rotatable bonds is 6. The lowest BCUT2D eigenvalue weighted by atomic mass is 9.86. The molecule has 2 fully saturated rings. The van der Waals surface area contributed by atoms with Gasteiger partial charge < -0.3 is 9.84 Å². The van der Waals surface area contributed by atoms with E-state index in [2.05, 4.69) is 11.8 Å². The van der Waals surface area contributed by atoms with Crippen molar-refractivity contribution in [3.8, 4) is 0 Å². The summed E-state index contributed by atoms with van der Waals surface area (Å²) in [5, 5.41) is 9.22. The summed E-state index contributed by atoms with van der Waals surface area (Å²) >= 11 is 0. The Hall–Kier alpha value is -1.39. The van der Waals surface area contributed by atoms with Crippen LogP contribution in [0.3, 0.4) is 0 Å². The van der Waals surface area contributed by atoms with Gasteiger partial charge in [0.1, 0.15) is 0 Å². The first-order valence-electron chi connectivity index (χ1n) is 9.29. The van der Waals surface area contributed by atoms with Crippen LogP contribution in [0.5, 0.6) is 0 Å². The minimum Gasteiger partial charge on any atom is -0.478 e. The molecule has 132 valence electrons. The molecule has 1 aliphatic heterocycles. The number of benzene rings is 1. The predicted octanol–water partition coefficient (Wildman–Crippen LogP) is 3.94. The zero-order valence-electron chi connectivity index (χ0n) is 14.6. The van der Waals surface area contributed by atoms with Crippen LogP contribution in [0.2, 0.25) is 0 Å². The highest BCUT2D eigenvalue weighted by Crippen LogP contribution is 2.29. The third-order valence-corrected chi connectivity index (χ3v) is 5.52. The van der Waals surface area contributed by atoms with Gasteiger partial charge in [-0.2, -0.15) is 0 Å². The lowest BCUT2D eigenvalue weighted by Crippen LogP contribution is -2.41. The zero-order valence-corrected chi connectivity index (χ0v) is 14.6. The van der Waals surface area contributed by atoms with Gasteiger partial charge in [0.25, 0.3) is 0 Å². The molecule has 1 heterocycles. The van der Waals surface area contributed by atoms with Gasteiger partial charge >= 0.3 is 5.97 Å². The van der Waals surface area contributed by atoms with Crippen molar-refractivity contribution in [3.63, 3.8) is 0 Å². The molecule has 0 radical (unpaired) electrons. The predicted molar refractivity (Wildman–Crippen MR) is 94.2 cm³/mol. The van der Waals surface area contributed by atoms with Gasteiger partial charge in [0.05, 0.1) is 11.7 Å². The maximum Gasteiger partial charge on any atom is 0.335 e. The molecule has 2 aliphatic rings. The number of hydrogen-bond donors (Lipinski definition) is 1. The van der Waals surface area contributed by atoms with Crippen LogP contribution in [0.25, 0.3) is 0 Å². The molecule has 0 bridgehead atoms. The summed E-state index contributed by atoms with van der Waals surface area (Å²) in [6.07, 6.45) is 7.72. The summed E-state index contributed by atoms with van der Waals surface area (Å²) in [6, 6.07) is 7.97. The fraction of sp³-hybridized carbons (Fsp3) is 0.650. The van der Waals surface area contributed by atoms with Crippen LogP contribution in [-0.4, -0.2) is 41.3 Å². The van der Waals surface area contributed by atoms with Crippen LogP contribution in [0.4, 0.5) is 0 Å². The van der Waals surface area contributed by atoms with Gasteiger partial charge in [-0.05, 0) is 62.1 Å². The molecule has 1 saturated heterocycles. The number of carboxylic acids is 1. The van der Waals surface area contributed by atoms with Gasteiger partial charge in [-0.25, -0.2) is 4.79 Å². The smallest absolute Gasteiger partial charge is 0.335 e. The van der Waals surface area contributed by atoms with E-state index in [-0.39, 0.29) is 0 Å². The van der Waals surface area contributed by atoms with Gasteiger partial charge in [-0.15, -0.1) is 0 Å². The lowest BCUT2D eigenvalue weighted by Gasteiger charge is -2.37. The van der Waals surface area contributed by atoms with E-state index in [9.17, 15) is 9.90 Å². The molecular formula is C20H29NO3. The molecule has 1 atom stereocenters. The van der Waals surface area contributed by atoms with Crippen molar-refractivity contribution < 1.29 is 14.6 Å². The van der Waals surface area contributed by atoms with E-state index in [1.54, 1.807) is 6.07 Å². The normalized spacial score (nSPS) is 27.5. The fourth-order valence-corrected chi connectivity index (χ4v) is 4.04. The van der Waals surface area contributed by atoms with E-state index in [1.807, 2.05) is 18.2 Å². The maximum atomic E-state index is 11.2. The van der Waals surface area contributed by atoms with Crippen molar-refractivity contribution in [2.24, 2.45) is 5.92 Å². The standard InChI is InChI=1S/C20H29NO3/c1-15-7-9-18(10-8-15)21(14-19-6-3-11-24-19)13-16-4-2-5-17(12-16)20(22)23/h2,4-5,12,15,18-19H,3,6-11,13-14H2,1H3,(H,22,23). The van der Waals surface area contributed by atoms with Crippen molar-refractivity contribution in [3.05, 3.63) is 35.4 Å². The van der Waals surface area contributed by atoms with Gasteiger partial charge in [-0.1, -0.05) is 19.1 Å². The van der Waals surface area contributed by atoms with Crippen LogP contribution in [-0.2, 0) is 11.3 Å². The largest absolute Gasteiger partial charge is 0.478 e. The molecular weight excluding hydrogens is 302 g/mol. The van der Waals surface area contributed by atoms with Crippen LogP contribution in [0.1, 0.15) is 61.4 Å². The molecule has 3 rings (SSSR count). The molecule has 0 aromatic heterocycles. The average Bonchev–Trinajstić information content (AvgIpc) is 3.08. The Bertz CT molecular complexity index is 546. The number of aromatic carboxylic acids is 1. The fourth-order valence-electron chi connectivity index (χ4n) is 4.04. The van der Waals surface area contributed by atoms with Crippen molar-refractivity contribution in [1.29, 1.82) is 0 Å². The molecule has 4 nitrogen and oxygen atoms in total. The third-order valence-electron chi connectivity index (χ3n) is 5.52. The molecule has 1 aliphatic carbocycles. The van der Waals surface area contributed by atoms with Gasteiger partial charge in [-0.3, -0.25) is 4.90 Å². The first-order valence-corrected chi connectivity index (χ1v) is 9.29.